The van der Waals surface area contributed by atoms with E-state index in [0.717, 1.165) is 21.7 Å². The van der Waals surface area contributed by atoms with Gasteiger partial charge in [0.2, 0.25) is 11.8 Å². The van der Waals surface area contributed by atoms with Gasteiger partial charge in [0.1, 0.15) is 6.04 Å². The van der Waals surface area contributed by atoms with Crippen LogP contribution in [0.15, 0.2) is 66.9 Å². The quantitative estimate of drug-likeness (QED) is 0.360. The Bertz CT molecular complexity index is 1410. The number of aromatic nitrogens is 1. The van der Waals surface area contributed by atoms with Crippen molar-refractivity contribution < 1.29 is 19.5 Å². The van der Waals surface area contributed by atoms with E-state index >= 15 is 0 Å². The van der Waals surface area contributed by atoms with Gasteiger partial charge in [-0.15, -0.1) is 0 Å². The number of urea groups is 1. The molecule has 1 aromatic heterocycles. The summed E-state index contributed by atoms with van der Waals surface area (Å²) in [6.07, 6.45) is 2.26. The second-order valence-corrected chi connectivity index (χ2v) is 8.12. The van der Waals surface area contributed by atoms with E-state index in [0.29, 0.717) is 24.0 Å². The Balaban J connectivity index is 1.27. The molecule has 1 aliphatic heterocycles. The number of carbonyl (C=O) groups is 3. The molecular weight excluding hydrogens is 420 g/mol. The first-order valence-corrected chi connectivity index (χ1v) is 10.7. The lowest BCUT2D eigenvalue weighted by Crippen LogP contribution is -2.41. The number of amides is 4. The molecule has 8 nitrogen and oxygen atoms in total. The highest BCUT2D eigenvalue weighted by molar-refractivity contribution is 6.00. The van der Waals surface area contributed by atoms with Crippen molar-refractivity contribution in [1.82, 2.24) is 15.2 Å². The second kappa shape index (κ2) is 8.31. The number of anilines is 1. The van der Waals surface area contributed by atoms with Crippen molar-refractivity contribution >= 4 is 45.1 Å². The molecule has 1 unspecified atom stereocenters. The van der Waals surface area contributed by atoms with E-state index in [1.165, 1.54) is 4.57 Å². The van der Waals surface area contributed by atoms with Gasteiger partial charge in [-0.25, -0.2) is 4.79 Å². The third-order valence-electron chi connectivity index (χ3n) is 5.89. The maximum atomic E-state index is 12.4. The Labute approximate surface area is 189 Å². The van der Waals surface area contributed by atoms with Gasteiger partial charge in [0, 0.05) is 35.6 Å². The molecule has 0 radical (unpaired) electrons. The summed E-state index contributed by atoms with van der Waals surface area (Å²) in [5.74, 6) is -0.745. The van der Waals surface area contributed by atoms with E-state index in [-0.39, 0.29) is 24.2 Å². The third kappa shape index (κ3) is 4.10. The largest absolute Gasteiger partial charge is 0.494 e. The number of hydrogen-bond acceptors (Lipinski definition) is 4. The number of nitrogens with zero attached hydrogens (tertiary/aromatic N) is 1. The molecule has 0 bridgehead atoms. The van der Waals surface area contributed by atoms with Crippen LogP contribution in [0.3, 0.4) is 0 Å². The zero-order chi connectivity index (χ0) is 22.9. The molecule has 5 rings (SSSR count). The first-order chi connectivity index (χ1) is 16.0. The predicted octanol–water partition coefficient (Wildman–Crippen LogP) is 3.80. The maximum absolute atomic E-state index is 12.4. The summed E-state index contributed by atoms with van der Waals surface area (Å²) in [5, 5.41) is 22.1. The molecule has 4 N–H and O–H groups in total. The van der Waals surface area contributed by atoms with Crippen molar-refractivity contribution in [3.05, 3.63) is 72.4 Å². The van der Waals surface area contributed by atoms with Crippen LogP contribution in [0.5, 0.6) is 5.88 Å². The monoisotopic (exact) mass is 442 g/mol. The van der Waals surface area contributed by atoms with Gasteiger partial charge >= 0.3 is 6.03 Å². The average molecular weight is 442 g/mol. The minimum atomic E-state index is -0.635. The summed E-state index contributed by atoms with van der Waals surface area (Å²) in [4.78, 5) is 36.0. The van der Waals surface area contributed by atoms with Gasteiger partial charge in [0.15, 0.2) is 5.88 Å². The first kappa shape index (κ1) is 20.6. The van der Waals surface area contributed by atoms with Crippen molar-refractivity contribution in [2.24, 2.45) is 0 Å². The number of benzene rings is 3. The van der Waals surface area contributed by atoms with Crippen LogP contribution in [0.1, 0.15) is 24.4 Å². The Kier molecular flexibility index (Phi) is 5.18. The number of nitrogens with one attached hydrogen (secondary N) is 3. The van der Waals surface area contributed by atoms with Crippen molar-refractivity contribution in [3.63, 3.8) is 0 Å². The van der Waals surface area contributed by atoms with Crippen LogP contribution >= 0.6 is 0 Å². The van der Waals surface area contributed by atoms with Crippen LogP contribution in [0, 0.1) is 0 Å². The van der Waals surface area contributed by atoms with Crippen LogP contribution in [0.4, 0.5) is 10.5 Å². The zero-order valence-corrected chi connectivity index (χ0v) is 17.7. The molecule has 1 saturated heterocycles. The van der Waals surface area contributed by atoms with Crippen LogP contribution in [0.2, 0.25) is 0 Å². The molecule has 3 aromatic carbocycles. The number of rotatable bonds is 4. The maximum Gasteiger partial charge on any atom is 0.319 e. The fourth-order valence-electron chi connectivity index (χ4n) is 4.19. The Hall–Kier alpha value is -4.33. The molecule has 33 heavy (non-hydrogen) atoms. The standard InChI is InChI=1S/C25H22N4O4/c30-22-10-9-21(23(31)28-22)29-14-18-11-15(5-8-20(18)24(29)32)13-26-25(33)27-19-7-6-16-3-1-2-4-17(16)12-19/h1-8,11-12,14,21,32H,9-10,13H2,(H2,26,27,33)(H,28,30,31). The number of piperidine rings is 1. The molecule has 1 aliphatic rings. The SMILES string of the molecule is O=C1CCC(n2cc3cc(CNC(=O)Nc4ccc5ccccc5c4)ccc3c2O)C(=O)N1. The van der Waals surface area contributed by atoms with Crippen molar-refractivity contribution in [2.45, 2.75) is 25.4 Å². The molecular formula is C25H22N4O4. The molecule has 0 aliphatic carbocycles. The lowest BCUT2D eigenvalue weighted by atomic mass is 10.1. The van der Waals surface area contributed by atoms with Gasteiger partial charge in [0.05, 0.1) is 0 Å². The third-order valence-corrected chi connectivity index (χ3v) is 5.89. The van der Waals surface area contributed by atoms with E-state index in [9.17, 15) is 19.5 Å². The summed E-state index contributed by atoms with van der Waals surface area (Å²) in [5.41, 5.74) is 1.55. The summed E-state index contributed by atoms with van der Waals surface area (Å²) in [6.45, 7) is 0.291. The van der Waals surface area contributed by atoms with Gasteiger partial charge in [-0.05, 0) is 47.0 Å². The van der Waals surface area contributed by atoms with Crippen molar-refractivity contribution in [3.8, 4) is 5.88 Å². The Morgan fingerprint density at radius 2 is 1.85 bits per heavy atom. The highest BCUT2D eigenvalue weighted by atomic mass is 16.3. The fourth-order valence-corrected chi connectivity index (χ4v) is 4.19. The minimum Gasteiger partial charge on any atom is -0.494 e. The molecule has 4 amide bonds. The molecule has 4 aromatic rings. The zero-order valence-electron chi connectivity index (χ0n) is 17.7. The normalized spacial score (nSPS) is 16.1. The van der Waals surface area contributed by atoms with Gasteiger partial charge in [-0.1, -0.05) is 36.4 Å². The van der Waals surface area contributed by atoms with Gasteiger partial charge in [-0.2, -0.15) is 0 Å². The predicted molar refractivity (Wildman–Crippen MR) is 125 cm³/mol. The molecule has 0 saturated carbocycles. The number of fused-ring (bicyclic) bond motifs is 2. The van der Waals surface area contributed by atoms with Crippen molar-refractivity contribution in [1.29, 1.82) is 0 Å². The van der Waals surface area contributed by atoms with Crippen LogP contribution in [-0.4, -0.2) is 27.5 Å². The molecule has 8 heteroatoms. The molecule has 166 valence electrons. The fraction of sp³-hybridized carbons (Fsp3) is 0.160. The summed E-state index contributed by atoms with van der Waals surface area (Å²) in [6, 6.07) is 18.1. The topological polar surface area (TPSA) is 112 Å². The Morgan fingerprint density at radius 3 is 2.67 bits per heavy atom. The van der Waals surface area contributed by atoms with Crippen LogP contribution < -0.4 is 16.0 Å². The average Bonchev–Trinajstić information content (AvgIpc) is 3.13. The molecule has 1 atom stereocenters. The number of imide groups is 1. The second-order valence-electron chi connectivity index (χ2n) is 8.12. The minimum absolute atomic E-state index is 0.0203. The lowest BCUT2D eigenvalue weighted by Gasteiger charge is -2.22. The van der Waals surface area contributed by atoms with Crippen LogP contribution in [0.25, 0.3) is 21.5 Å². The first-order valence-electron chi connectivity index (χ1n) is 10.7. The summed E-state index contributed by atoms with van der Waals surface area (Å²) >= 11 is 0. The molecule has 2 heterocycles. The molecule has 1 fully saturated rings. The summed E-state index contributed by atoms with van der Waals surface area (Å²) < 4.78 is 1.50. The highest BCUT2D eigenvalue weighted by Crippen LogP contribution is 2.33. The van der Waals surface area contributed by atoms with E-state index in [4.69, 9.17) is 0 Å². The van der Waals surface area contributed by atoms with Gasteiger partial charge in [0.25, 0.3) is 0 Å². The van der Waals surface area contributed by atoms with Gasteiger partial charge < -0.3 is 20.3 Å². The lowest BCUT2D eigenvalue weighted by molar-refractivity contribution is -0.135. The number of carbonyl (C=O) groups excluding carboxylic acids is 3. The van der Waals surface area contributed by atoms with E-state index in [2.05, 4.69) is 16.0 Å². The van der Waals surface area contributed by atoms with E-state index in [1.54, 1.807) is 12.3 Å². The highest BCUT2D eigenvalue weighted by Gasteiger charge is 2.30. The smallest absolute Gasteiger partial charge is 0.319 e. The summed E-state index contributed by atoms with van der Waals surface area (Å²) in [7, 11) is 0. The number of aromatic hydroxyl groups is 1. The van der Waals surface area contributed by atoms with E-state index < -0.39 is 11.9 Å². The molecule has 0 spiro atoms. The van der Waals surface area contributed by atoms with Crippen molar-refractivity contribution in [2.75, 3.05) is 5.32 Å². The van der Waals surface area contributed by atoms with Gasteiger partial charge in [-0.3, -0.25) is 14.9 Å². The Morgan fingerprint density at radius 1 is 1.03 bits per heavy atom. The van der Waals surface area contributed by atoms with Crippen LogP contribution in [-0.2, 0) is 16.1 Å². The number of hydrogen-bond donors (Lipinski definition) is 4. The van der Waals surface area contributed by atoms with E-state index in [1.807, 2.05) is 54.6 Å².